The van der Waals surface area contributed by atoms with E-state index in [0.717, 1.165) is 12.8 Å². The lowest BCUT2D eigenvalue weighted by Crippen LogP contribution is -1.98. The summed E-state index contributed by atoms with van der Waals surface area (Å²) in [6, 6.07) is 4.57. The zero-order valence-corrected chi connectivity index (χ0v) is 12.1. The lowest BCUT2D eigenvalue weighted by atomic mass is 10.2. The van der Waals surface area contributed by atoms with Crippen molar-refractivity contribution in [3.8, 4) is 17.6 Å². The molecule has 0 radical (unpaired) electrons. The molecule has 0 aliphatic rings. The van der Waals surface area contributed by atoms with Crippen LogP contribution in [0, 0.1) is 17.7 Å². The first kappa shape index (κ1) is 15.9. The van der Waals surface area contributed by atoms with E-state index in [2.05, 4.69) is 18.8 Å². The van der Waals surface area contributed by atoms with Crippen LogP contribution in [0.2, 0.25) is 0 Å². The van der Waals surface area contributed by atoms with Crippen LogP contribution in [0.15, 0.2) is 18.2 Å². The topological polar surface area (TPSA) is 9.23 Å². The van der Waals surface area contributed by atoms with Crippen LogP contribution in [0.25, 0.3) is 0 Å². The van der Waals surface area contributed by atoms with E-state index in [9.17, 15) is 4.39 Å². The Morgan fingerprint density at radius 3 is 2.79 bits per heavy atom. The predicted octanol–water partition coefficient (Wildman–Crippen LogP) is 4.77. The lowest BCUT2D eigenvalue weighted by molar-refractivity contribution is 0.303. The summed E-state index contributed by atoms with van der Waals surface area (Å²) in [5.41, 5.74) is 0.633. The van der Waals surface area contributed by atoms with E-state index in [1.165, 1.54) is 25.0 Å². The summed E-state index contributed by atoms with van der Waals surface area (Å²) in [5.74, 6) is 6.49. The highest BCUT2D eigenvalue weighted by Crippen LogP contribution is 2.16. The summed E-state index contributed by atoms with van der Waals surface area (Å²) in [5, 5.41) is 0. The smallest absolute Gasteiger partial charge is 0.128 e. The third-order valence-electron chi connectivity index (χ3n) is 2.59. The molecule has 0 heterocycles. The van der Waals surface area contributed by atoms with Gasteiger partial charge in [-0.3, -0.25) is 0 Å². The number of ether oxygens (including phenoxy) is 1. The molecule has 0 saturated carbocycles. The van der Waals surface area contributed by atoms with E-state index in [1.54, 1.807) is 6.07 Å². The molecule has 0 spiro atoms. The monoisotopic (exact) mass is 282 g/mol. The van der Waals surface area contributed by atoms with Gasteiger partial charge in [-0.25, -0.2) is 4.39 Å². The quantitative estimate of drug-likeness (QED) is 0.398. The van der Waals surface area contributed by atoms with Gasteiger partial charge in [0.15, 0.2) is 0 Å². The molecule has 0 N–H and O–H groups in total. The first-order chi connectivity index (χ1) is 9.26. The SMILES string of the molecule is CCCCCCOc1cc(F)cc(C#CCCCl)c1. The molecule has 0 fully saturated rings. The molecule has 0 unspecified atom stereocenters. The maximum atomic E-state index is 13.4. The molecule has 0 aliphatic carbocycles. The van der Waals surface area contributed by atoms with Gasteiger partial charge in [0.25, 0.3) is 0 Å². The Balaban J connectivity index is 2.52. The van der Waals surface area contributed by atoms with Gasteiger partial charge in [0.05, 0.1) is 6.61 Å². The molecule has 0 aromatic heterocycles. The Kier molecular flexibility index (Phi) is 8.09. The largest absolute Gasteiger partial charge is 0.493 e. The van der Waals surface area contributed by atoms with Crippen LogP contribution < -0.4 is 4.74 Å². The molecule has 1 aromatic rings. The molecule has 1 nitrogen and oxygen atoms in total. The molecule has 3 heteroatoms. The fourth-order valence-electron chi connectivity index (χ4n) is 1.65. The van der Waals surface area contributed by atoms with Crippen molar-refractivity contribution in [1.82, 2.24) is 0 Å². The van der Waals surface area contributed by atoms with Gasteiger partial charge < -0.3 is 4.74 Å². The fraction of sp³-hybridized carbons (Fsp3) is 0.500. The summed E-state index contributed by atoms with van der Waals surface area (Å²) in [6.07, 6.45) is 5.15. The predicted molar refractivity (Wildman–Crippen MR) is 78.3 cm³/mol. The van der Waals surface area contributed by atoms with E-state index in [4.69, 9.17) is 16.3 Å². The molecule has 1 rings (SSSR count). The average Bonchev–Trinajstić information content (AvgIpc) is 2.38. The highest BCUT2D eigenvalue weighted by atomic mass is 35.5. The molecular formula is C16H20ClFO. The van der Waals surface area contributed by atoms with Crippen molar-refractivity contribution < 1.29 is 9.13 Å². The third kappa shape index (κ3) is 7.08. The zero-order chi connectivity index (χ0) is 13.9. The fourth-order valence-corrected chi connectivity index (χ4v) is 1.74. The van der Waals surface area contributed by atoms with Crippen molar-refractivity contribution in [2.75, 3.05) is 12.5 Å². The van der Waals surface area contributed by atoms with Crippen molar-refractivity contribution in [3.63, 3.8) is 0 Å². The molecule has 0 atom stereocenters. The van der Waals surface area contributed by atoms with Gasteiger partial charge in [0.1, 0.15) is 11.6 Å². The molecule has 0 aliphatic heterocycles. The Bertz CT molecular complexity index is 434. The number of alkyl halides is 1. The second kappa shape index (κ2) is 9.69. The van der Waals surface area contributed by atoms with Crippen LogP contribution in [-0.4, -0.2) is 12.5 Å². The van der Waals surface area contributed by atoms with Gasteiger partial charge in [-0.2, -0.15) is 0 Å². The number of rotatable bonds is 7. The van der Waals surface area contributed by atoms with Crippen molar-refractivity contribution >= 4 is 11.6 Å². The minimum Gasteiger partial charge on any atom is -0.493 e. The van der Waals surface area contributed by atoms with E-state index >= 15 is 0 Å². The normalized spacial score (nSPS) is 9.84. The van der Waals surface area contributed by atoms with Crippen LogP contribution in [0.1, 0.15) is 44.6 Å². The number of hydrogen-bond donors (Lipinski definition) is 0. The number of unbranched alkanes of at least 4 members (excludes halogenated alkanes) is 3. The minimum absolute atomic E-state index is 0.318. The van der Waals surface area contributed by atoms with E-state index in [-0.39, 0.29) is 5.82 Å². The van der Waals surface area contributed by atoms with Crippen LogP contribution >= 0.6 is 11.6 Å². The molecule has 0 amide bonds. The molecule has 1 aromatic carbocycles. The van der Waals surface area contributed by atoms with Gasteiger partial charge in [-0.1, -0.05) is 38.0 Å². The second-order valence-electron chi connectivity index (χ2n) is 4.33. The van der Waals surface area contributed by atoms with Gasteiger partial charge in [0.2, 0.25) is 0 Å². The van der Waals surface area contributed by atoms with Crippen LogP contribution in [0.3, 0.4) is 0 Å². The maximum absolute atomic E-state index is 13.4. The first-order valence-corrected chi connectivity index (χ1v) is 7.28. The minimum atomic E-state index is -0.318. The van der Waals surface area contributed by atoms with Gasteiger partial charge in [-0.05, 0) is 18.6 Å². The highest BCUT2D eigenvalue weighted by molar-refractivity contribution is 6.18. The Morgan fingerprint density at radius 2 is 2.05 bits per heavy atom. The van der Waals surface area contributed by atoms with E-state index < -0.39 is 0 Å². The highest BCUT2D eigenvalue weighted by Gasteiger charge is 2.00. The van der Waals surface area contributed by atoms with Gasteiger partial charge in [0, 0.05) is 23.9 Å². The van der Waals surface area contributed by atoms with E-state index in [0.29, 0.717) is 30.2 Å². The van der Waals surface area contributed by atoms with Crippen LogP contribution in [-0.2, 0) is 0 Å². The van der Waals surface area contributed by atoms with Crippen molar-refractivity contribution in [2.45, 2.75) is 39.0 Å². The summed E-state index contributed by atoms with van der Waals surface area (Å²) in [6.45, 7) is 2.79. The Hall–Kier alpha value is -1.20. The summed E-state index contributed by atoms with van der Waals surface area (Å²) in [7, 11) is 0. The molecule has 0 saturated heterocycles. The van der Waals surface area contributed by atoms with Crippen LogP contribution in [0.5, 0.6) is 5.75 Å². The summed E-state index contributed by atoms with van der Waals surface area (Å²) >= 11 is 5.54. The Labute approximate surface area is 120 Å². The van der Waals surface area contributed by atoms with Crippen molar-refractivity contribution in [2.24, 2.45) is 0 Å². The standard InChI is InChI=1S/C16H20ClFO/c1-2-3-4-7-10-19-16-12-14(8-5-6-9-17)11-15(18)13-16/h11-13H,2-4,6-7,9-10H2,1H3. The third-order valence-corrected chi connectivity index (χ3v) is 2.78. The van der Waals surface area contributed by atoms with E-state index in [1.807, 2.05) is 0 Å². The van der Waals surface area contributed by atoms with Crippen LogP contribution in [0.4, 0.5) is 4.39 Å². The van der Waals surface area contributed by atoms with Crippen molar-refractivity contribution in [3.05, 3.63) is 29.6 Å². The second-order valence-corrected chi connectivity index (χ2v) is 4.70. The molecule has 19 heavy (non-hydrogen) atoms. The first-order valence-electron chi connectivity index (χ1n) is 6.74. The number of halogens is 2. The van der Waals surface area contributed by atoms with Gasteiger partial charge in [-0.15, -0.1) is 11.6 Å². The number of hydrogen-bond acceptors (Lipinski definition) is 1. The molecular weight excluding hydrogens is 263 g/mol. The zero-order valence-electron chi connectivity index (χ0n) is 11.3. The Morgan fingerprint density at radius 1 is 1.21 bits per heavy atom. The van der Waals surface area contributed by atoms with Gasteiger partial charge >= 0.3 is 0 Å². The lowest BCUT2D eigenvalue weighted by Gasteiger charge is -2.06. The molecule has 104 valence electrons. The van der Waals surface area contributed by atoms with Crippen molar-refractivity contribution in [1.29, 1.82) is 0 Å². The summed E-state index contributed by atoms with van der Waals surface area (Å²) < 4.78 is 18.9. The average molecular weight is 283 g/mol. The molecule has 0 bridgehead atoms. The maximum Gasteiger partial charge on any atom is 0.128 e. The number of benzene rings is 1. The summed E-state index contributed by atoms with van der Waals surface area (Å²) in [4.78, 5) is 0.